The van der Waals surface area contributed by atoms with E-state index in [2.05, 4.69) is 22.2 Å². The molecule has 1 saturated heterocycles. The van der Waals surface area contributed by atoms with Gasteiger partial charge in [-0.2, -0.15) is 5.26 Å². The van der Waals surface area contributed by atoms with Crippen LogP contribution in [-0.4, -0.2) is 28.7 Å². The molecule has 2 rings (SSSR count). The first-order chi connectivity index (χ1) is 7.72. The van der Waals surface area contributed by atoms with Crippen LogP contribution in [0.3, 0.4) is 0 Å². The van der Waals surface area contributed by atoms with Crippen LogP contribution < -0.4 is 5.32 Å². The van der Waals surface area contributed by atoms with Gasteiger partial charge in [-0.25, -0.2) is 9.97 Å². The molecule has 0 aromatic carbocycles. The second kappa shape index (κ2) is 4.45. The lowest BCUT2D eigenvalue weighted by molar-refractivity contribution is 0.0537. The van der Waals surface area contributed by atoms with Crippen LogP contribution in [0.1, 0.15) is 25.5 Å². The third kappa shape index (κ3) is 2.47. The van der Waals surface area contributed by atoms with Crippen molar-refractivity contribution in [1.29, 1.82) is 5.26 Å². The van der Waals surface area contributed by atoms with E-state index in [1.54, 1.807) is 12.3 Å². The van der Waals surface area contributed by atoms with E-state index in [9.17, 15) is 0 Å². The van der Waals surface area contributed by atoms with Crippen molar-refractivity contribution < 1.29 is 4.74 Å². The van der Waals surface area contributed by atoms with Crippen molar-refractivity contribution in [2.75, 3.05) is 18.5 Å². The van der Waals surface area contributed by atoms with E-state index in [1.165, 1.54) is 0 Å². The van der Waals surface area contributed by atoms with Gasteiger partial charge in [-0.05, 0) is 25.8 Å². The Labute approximate surface area is 94.5 Å². The molecule has 1 aromatic heterocycles. The van der Waals surface area contributed by atoms with Crippen LogP contribution in [-0.2, 0) is 4.74 Å². The van der Waals surface area contributed by atoms with E-state index in [0.717, 1.165) is 19.4 Å². The maximum Gasteiger partial charge on any atom is 0.224 e. The third-order valence-corrected chi connectivity index (χ3v) is 2.62. The number of ether oxygens (including phenoxy) is 1. The van der Waals surface area contributed by atoms with E-state index in [4.69, 9.17) is 10.00 Å². The number of hydrogen-bond acceptors (Lipinski definition) is 5. The summed E-state index contributed by atoms with van der Waals surface area (Å²) in [6.45, 7) is 3.54. The Balaban J connectivity index is 2.10. The van der Waals surface area contributed by atoms with Crippen LogP contribution in [0, 0.1) is 11.3 Å². The van der Waals surface area contributed by atoms with Gasteiger partial charge in [-0.15, -0.1) is 0 Å². The molecule has 1 aliphatic heterocycles. The van der Waals surface area contributed by atoms with Gasteiger partial charge in [0.1, 0.15) is 11.8 Å². The molecule has 1 aliphatic rings. The van der Waals surface area contributed by atoms with Gasteiger partial charge in [0.25, 0.3) is 0 Å². The largest absolute Gasteiger partial charge is 0.379 e. The zero-order chi connectivity index (χ0) is 11.4. The monoisotopic (exact) mass is 218 g/mol. The van der Waals surface area contributed by atoms with Crippen molar-refractivity contribution in [3.05, 3.63) is 18.0 Å². The SMILES string of the molecule is CC1(Nc2nccc(C#N)n2)CCCOC1. The van der Waals surface area contributed by atoms with E-state index < -0.39 is 0 Å². The highest BCUT2D eigenvalue weighted by Gasteiger charge is 2.28. The van der Waals surface area contributed by atoms with Crippen LogP contribution in [0.15, 0.2) is 12.3 Å². The molecule has 1 aromatic rings. The summed E-state index contributed by atoms with van der Waals surface area (Å²) in [7, 11) is 0. The zero-order valence-electron chi connectivity index (χ0n) is 9.23. The number of rotatable bonds is 2. The van der Waals surface area contributed by atoms with E-state index in [1.807, 2.05) is 6.07 Å². The van der Waals surface area contributed by atoms with Gasteiger partial charge in [0.2, 0.25) is 5.95 Å². The topological polar surface area (TPSA) is 70.8 Å². The smallest absolute Gasteiger partial charge is 0.224 e. The highest BCUT2D eigenvalue weighted by molar-refractivity contribution is 5.33. The predicted molar refractivity (Wildman–Crippen MR) is 58.8 cm³/mol. The van der Waals surface area contributed by atoms with Gasteiger partial charge in [0.15, 0.2) is 0 Å². The third-order valence-electron chi connectivity index (χ3n) is 2.62. The molecule has 0 amide bonds. The number of hydrogen-bond donors (Lipinski definition) is 1. The molecule has 1 atom stereocenters. The van der Waals surface area contributed by atoms with Crippen molar-refractivity contribution in [1.82, 2.24) is 9.97 Å². The van der Waals surface area contributed by atoms with E-state index in [0.29, 0.717) is 18.2 Å². The second-order valence-electron chi connectivity index (χ2n) is 4.22. The quantitative estimate of drug-likeness (QED) is 0.810. The molecule has 0 spiro atoms. The fourth-order valence-corrected chi connectivity index (χ4v) is 1.78. The molecular formula is C11H14N4O. The number of nitrogens with zero attached hydrogens (tertiary/aromatic N) is 3. The summed E-state index contributed by atoms with van der Waals surface area (Å²) in [5, 5.41) is 12.0. The molecule has 1 unspecified atom stereocenters. The Morgan fingerprint density at radius 3 is 3.19 bits per heavy atom. The first-order valence-corrected chi connectivity index (χ1v) is 5.31. The highest BCUT2D eigenvalue weighted by atomic mass is 16.5. The van der Waals surface area contributed by atoms with Crippen molar-refractivity contribution in [3.63, 3.8) is 0 Å². The van der Waals surface area contributed by atoms with Gasteiger partial charge < -0.3 is 10.1 Å². The van der Waals surface area contributed by atoms with Crippen molar-refractivity contribution in [2.24, 2.45) is 0 Å². The second-order valence-corrected chi connectivity index (χ2v) is 4.22. The molecule has 0 aliphatic carbocycles. The van der Waals surface area contributed by atoms with Crippen LogP contribution in [0.2, 0.25) is 0 Å². The Morgan fingerprint density at radius 2 is 2.50 bits per heavy atom. The Bertz CT molecular complexity index is 407. The molecule has 5 nitrogen and oxygen atoms in total. The number of nitrogens with one attached hydrogen (secondary N) is 1. The van der Waals surface area contributed by atoms with Crippen LogP contribution >= 0.6 is 0 Å². The number of aromatic nitrogens is 2. The molecule has 1 fully saturated rings. The Kier molecular flexibility index (Phi) is 3.02. The number of nitriles is 1. The van der Waals surface area contributed by atoms with Crippen molar-refractivity contribution in [3.8, 4) is 6.07 Å². The molecule has 0 bridgehead atoms. The maximum absolute atomic E-state index is 8.74. The molecular weight excluding hydrogens is 204 g/mol. The predicted octanol–water partition coefficient (Wildman–Crippen LogP) is 1.33. The van der Waals surface area contributed by atoms with Crippen LogP contribution in [0.5, 0.6) is 0 Å². The van der Waals surface area contributed by atoms with Gasteiger partial charge in [0.05, 0.1) is 12.1 Å². The summed E-state index contributed by atoms with van der Waals surface area (Å²) in [6.07, 6.45) is 3.63. The van der Waals surface area contributed by atoms with Crippen molar-refractivity contribution in [2.45, 2.75) is 25.3 Å². The summed E-state index contributed by atoms with van der Waals surface area (Å²) in [5.74, 6) is 0.493. The number of anilines is 1. The highest BCUT2D eigenvalue weighted by Crippen LogP contribution is 2.22. The summed E-state index contributed by atoms with van der Waals surface area (Å²) in [5.41, 5.74) is 0.240. The summed E-state index contributed by atoms with van der Waals surface area (Å²) < 4.78 is 5.43. The molecule has 2 heterocycles. The summed E-state index contributed by atoms with van der Waals surface area (Å²) >= 11 is 0. The first kappa shape index (κ1) is 10.8. The Hall–Kier alpha value is -1.67. The molecule has 0 saturated carbocycles. The minimum Gasteiger partial charge on any atom is -0.379 e. The average Bonchev–Trinajstić information content (AvgIpc) is 2.29. The Morgan fingerprint density at radius 1 is 1.62 bits per heavy atom. The minimum absolute atomic E-state index is 0.133. The van der Waals surface area contributed by atoms with E-state index in [-0.39, 0.29) is 5.54 Å². The van der Waals surface area contributed by atoms with Crippen LogP contribution in [0.25, 0.3) is 0 Å². The fraction of sp³-hybridized carbons (Fsp3) is 0.545. The molecule has 1 N–H and O–H groups in total. The lowest BCUT2D eigenvalue weighted by Crippen LogP contribution is -2.43. The van der Waals surface area contributed by atoms with Crippen LogP contribution in [0.4, 0.5) is 5.95 Å². The zero-order valence-corrected chi connectivity index (χ0v) is 9.23. The normalized spacial score (nSPS) is 24.8. The van der Waals surface area contributed by atoms with E-state index >= 15 is 0 Å². The van der Waals surface area contributed by atoms with Crippen molar-refractivity contribution >= 4 is 5.95 Å². The fourth-order valence-electron chi connectivity index (χ4n) is 1.78. The molecule has 5 heteroatoms. The summed E-state index contributed by atoms with van der Waals surface area (Å²) in [4.78, 5) is 8.19. The summed E-state index contributed by atoms with van der Waals surface area (Å²) in [6, 6.07) is 3.58. The minimum atomic E-state index is -0.133. The molecule has 84 valence electrons. The lowest BCUT2D eigenvalue weighted by Gasteiger charge is -2.34. The van der Waals surface area contributed by atoms with Gasteiger partial charge in [0, 0.05) is 12.8 Å². The lowest BCUT2D eigenvalue weighted by atomic mass is 9.95. The van der Waals surface area contributed by atoms with Gasteiger partial charge in [-0.3, -0.25) is 0 Å². The average molecular weight is 218 g/mol. The molecule has 0 radical (unpaired) electrons. The molecule has 16 heavy (non-hydrogen) atoms. The first-order valence-electron chi connectivity index (χ1n) is 5.31. The van der Waals surface area contributed by atoms with Gasteiger partial charge in [-0.1, -0.05) is 0 Å². The maximum atomic E-state index is 8.74. The standard InChI is InChI=1S/C11H14N4O/c1-11(4-2-6-16-8-11)15-10-13-5-3-9(7-12)14-10/h3,5H,2,4,6,8H2,1H3,(H,13,14,15). The van der Waals surface area contributed by atoms with Gasteiger partial charge >= 0.3 is 0 Å².